The molecule has 6 nitrogen and oxygen atoms in total. The lowest BCUT2D eigenvalue weighted by Gasteiger charge is -2.34. The number of hydrogen-bond donors (Lipinski definition) is 1. The fourth-order valence-corrected chi connectivity index (χ4v) is 3.65. The molecule has 3 rings (SSSR count). The second-order valence-corrected chi connectivity index (χ2v) is 7.44. The van der Waals surface area contributed by atoms with Crippen molar-refractivity contribution in [1.29, 1.82) is 0 Å². The minimum Gasteiger partial charge on any atom is -0.352 e. The summed E-state index contributed by atoms with van der Waals surface area (Å²) >= 11 is 0. The van der Waals surface area contributed by atoms with Crippen LogP contribution in [0.15, 0.2) is 30.3 Å². The minimum absolute atomic E-state index is 0.0464. The first-order valence-electron chi connectivity index (χ1n) is 9.62. The van der Waals surface area contributed by atoms with E-state index in [0.717, 1.165) is 45.4 Å². The molecule has 142 valence electrons. The largest absolute Gasteiger partial charge is 0.352 e. The monoisotopic (exact) mass is 358 g/mol. The standard InChI is InChI=1S/C20H30N4O2/c1-22-13-14-24(16-20(22)26)15-19(25)21-18-8-11-23(12-9-18)10-7-17-5-3-2-4-6-17/h2-6,18H,7-16H2,1H3,(H,21,25). The number of piperidine rings is 1. The van der Waals surface area contributed by atoms with Crippen LogP contribution in [0.25, 0.3) is 0 Å². The summed E-state index contributed by atoms with van der Waals surface area (Å²) in [5.74, 6) is 0.140. The van der Waals surface area contributed by atoms with Gasteiger partial charge in [-0.1, -0.05) is 30.3 Å². The Morgan fingerprint density at radius 1 is 1.08 bits per heavy atom. The van der Waals surface area contributed by atoms with Crippen LogP contribution in [0.2, 0.25) is 0 Å². The Hall–Kier alpha value is -1.92. The van der Waals surface area contributed by atoms with E-state index < -0.39 is 0 Å². The molecule has 2 heterocycles. The molecule has 26 heavy (non-hydrogen) atoms. The molecular weight excluding hydrogens is 328 g/mol. The van der Waals surface area contributed by atoms with Crippen LogP contribution in [0.3, 0.4) is 0 Å². The maximum Gasteiger partial charge on any atom is 0.236 e. The SMILES string of the molecule is CN1CCN(CC(=O)NC2CCN(CCc3ccccc3)CC2)CC1=O. The zero-order chi connectivity index (χ0) is 18.4. The molecule has 2 aliphatic heterocycles. The first-order valence-corrected chi connectivity index (χ1v) is 9.62. The number of amides is 2. The second kappa shape index (κ2) is 9.14. The molecule has 2 aliphatic rings. The number of likely N-dealkylation sites (tertiary alicyclic amines) is 1. The molecule has 1 aromatic rings. The Morgan fingerprint density at radius 2 is 1.81 bits per heavy atom. The van der Waals surface area contributed by atoms with Gasteiger partial charge in [0.2, 0.25) is 11.8 Å². The van der Waals surface area contributed by atoms with Gasteiger partial charge < -0.3 is 15.1 Å². The van der Waals surface area contributed by atoms with Gasteiger partial charge >= 0.3 is 0 Å². The smallest absolute Gasteiger partial charge is 0.236 e. The summed E-state index contributed by atoms with van der Waals surface area (Å²) in [6.07, 6.45) is 3.08. The van der Waals surface area contributed by atoms with E-state index in [2.05, 4.69) is 40.5 Å². The molecule has 0 radical (unpaired) electrons. The van der Waals surface area contributed by atoms with E-state index in [1.165, 1.54) is 5.56 Å². The van der Waals surface area contributed by atoms with Gasteiger partial charge in [0.05, 0.1) is 13.1 Å². The van der Waals surface area contributed by atoms with Gasteiger partial charge in [-0.2, -0.15) is 0 Å². The van der Waals surface area contributed by atoms with E-state index in [9.17, 15) is 9.59 Å². The molecule has 2 fully saturated rings. The van der Waals surface area contributed by atoms with Gasteiger partial charge in [-0.25, -0.2) is 0 Å². The third-order valence-electron chi connectivity index (χ3n) is 5.42. The maximum absolute atomic E-state index is 12.3. The summed E-state index contributed by atoms with van der Waals surface area (Å²) in [6, 6.07) is 10.8. The summed E-state index contributed by atoms with van der Waals surface area (Å²) < 4.78 is 0. The molecule has 0 aliphatic carbocycles. The van der Waals surface area contributed by atoms with Gasteiger partial charge in [-0.05, 0) is 24.8 Å². The molecule has 0 bridgehead atoms. The Bertz CT molecular complexity index is 599. The van der Waals surface area contributed by atoms with Gasteiger partial charge in [0.1, 0.15) is 0 Å². The van der Waals surface area contributed by atoms with Crippen LogP contribution in [0.4, 0.5) is 0 Å². The third kappa shape index (κ3) is 5.54. The van der Waals surface area contributed by atoms with Crippen LogP contribution in [-0.2, 0) is 16.0 Å². The van der Waals surface area contributed by atoms with Crippen molar-refractivity contribution in [3.8, 4) is 0 Å². The lowest BCUT2D eigenvalue weighted by molar-refractivity contribution is -0.135. The van der Waals surface area contributed by atoms with E-state index in [1.54, 1.807) is 4.90 Å². The quantitative estimate of drug-likeness (QED) is 0.808. The number of likely N-dealkylation sites (N-methyl/N-ethyl adjacent to an activating group) is 1. The van der Waals surface area contributed by atoms with Crippen molar-refractivity contribution in [2.24, 2.45) is 0 Å². The number of nitrogens with zero attached hydrogens (tertiary/aromatic N) is 3. The fourth-order valence-electron chi connectivity index (χ4n) is 3.65. The molecule has 6 heteroatoms. The maximum atomic E-state index is 12.3. The van der Waals surface area contributed by atoms with Crippen molar-refractivity contribution < 1.29 is 9.59 Å². The average Bonchev–Trinajstić information content (AvgIpc) is 2.65. The Balaban J connectivity index is 1.33. The first kappa shape index (κ1) is 18.9. The van der Waals surface area contributed by atoms with Crippen molar-refractivity contribution in [1.82, 2.24) is 20.0 Å². The number of rotatable bonds is 6. The highest BCUT2D eigenvalue weighted by atomic mass is 16.2. The first-order chi connectivity index (χ1) is 12.6. The summed E-state index contributed by atoms with van der Waals surface area (Å²) in [7, 11) is 1.81. The topological polar surface area (TPSA) is 55.9 Å². The van der Waals surface area contributed by atoms with Crippen LogP contribution in [0.5, 0.6) is 0 Å². The van der Waals surface area contributed by atoms with Gasteiger partial charge in [0, 0.05) is 45.8 Å². The lowest BCUT2D eigenvalue weighted by atomic mass is 10.0. The highest BCUT2D eigenvalue weighted by Crippen LogP contribution is 2.12. The van der Waals surface area contributed by atoms with E-state index in [1.807, 2.05) is 11.9 Å². The number of nitrogens with one attached hydrogen (secondary N) is 1. The molecule has 0 spiro atoms. The predicted octanol–water partition coefficient (Wildman–Crippen LogP) is 0.584. The van der Waals surface area contributed by atoms with Crippen molar-refractivity contribution in [2.45, 2.75) is 25.3 Å². The van der Waals surface area contributed by atoms with E-state index in [4.69, 9.17) is 0 Å². The third-order valence-corrected chi connectivity index (χ3v) is 5.42. The van der Waals surface area contributed by atoms with Crippen LogP contribution in [0, 0.1) is 0 Å². The number of benzene rings is 1. The highest BCUT2D eigenvalue weighted by molar-refractivity contribution is 5.81. The van der Waals surface area contributed by atoms with Gasteiger partial charge in [0.15, 0.2) is 0 Å². The molecule has 1 N–H and O–H groups in total. The number of piperazine rings is 1. The van der Waals surface area contributed by atoms with Crippen LogP contribution >= 0.6 is 0 Å². The zero-order valence-electron chi connectivity index (χ0n) is 15.7. The van der Waals surface area contributed by atoms with E-state index >= 15 is 0 Å². The normalized spacial score (nSPS) is 20.3. The van der Waals surface area contributed by atoms with Gasteiger partial charge in [-0.15, -0.1) is 0 Å². The molecule has 2 saturated heterocycles. The summed E-state index contributed by atoms with van der Waals surface area (Å²) in [5.41, 5.74) is 1.38. The molecular formula is C20H30N4O2. The summed E-state index contributed by atoms with van der Waals surface area (Å²) in [5, 5.41) is 3.15. The van der Waals surface area contributed by atoms with Gasteiger partial charge in [0.25, 0.3) is 0 Å². The summed E-state index contributed by atoms with van der Waals surface area (Å²) in [4.78, 5) is 30.1. The Labute approximate surface area is 156 Å². The van der Waals surface area contributed by atoms with E-state index in [-0.39, 0.29) is 17.9 Å². The second-order valence-electron chi connectivity index (χ2n) is 7.44. The molecule has 0 atom stereocenters. The summed E-state index contributed by atoms with van der Waals surface area (Å²) in [6.45, 7) is 5.29. The number of hydrogen-bond acceptors (Lipinski definition) is 4. The fraction of sp³-hybridized carbons (Fsp3) is 0.600. The minimum atomic E-state index is 0.0464. The van der Waals surface area contributed by atoms with Crippen LogP contribution < -0.4 is 5.32 Å². The van der Waals surface area contributed by atoms with Gasteiger partial charge in [-0.3, -0.25) is 14.5 Å². The Kier molecular flexibility index (Phi) is 6.63. The van der Waals surface area contributed by atoms with Crippen LogP contribution in [-0.4, -0.2) is 85.4 Å². The number of carbonyl (C=O) groups is 2. The van der Waals surface area contributed by atoms with Crippen molar-refractivity contribution in [3.63, 3.8) is 0 Å². The molecule has 1 aromatic carbocycles. The van der Waals surface area contributed by atoms with Crippen molar-refractivity contribution in [2.75, 3.05) is 52.9 Å². The van der Waals surface area contributed by atoms with Crippen LogP contribution in [0.1, 0.15) is 18.4 Å². The lowest BCUT2D eigenvalue weighted by Crippen LogP contribution is -2.53. The van der Waals surface area contributed by atoms with Crippen molar-refractivity contribution >= 4 is 11.8 Å². The zero-order valence-corrected chi connectivity index (χ0v) is 15.7. The molecule has 2 amide bonds. The predicted molar refractivity (Wildman–Crippen MR) is 102 cm³/mol. The Morgan fingerprint density at radius 3 is 2.50 bits per heavy atom. The van der Waals surface area contributed by atoms with E-state index in [0.29, 0.717) is 19.6 Å². The molecule has 0 unspecified atom stereocenters. The molecule has 0 aromatic heterocycles. The molecule has 0 saturated carbocycles. The average molecular weight is 358 g/mol. The van der Waals surface area contributed by atoms with Crippen molar-refractivity contribution in [3.05, 3.63) is 35.9 Å². The number of carbonyl (C=O) groups excluding carboxylic acids is 2. The highest BCUT2D eigenvalue weighted by Gasteiger charge is 2.25.